The van der Waals surface area contributed by atoms with E-state index in [1.54, 1.807) is 12.1 Å². The Morgan fingerprint density at radius 1 is 0.839 bits per heavy atom. The number of hydrogen-bond donors (Lipinski definition) is 1. The van der Waals surface area contributed by atoms with Gasteiger partial charge in [-0.2, -0.15) is 0 Å². The first-order valence-electron chi connectivity index (χ1n) is 10.4. The minimum atomic E-state index is -0.207. The predicted octanol–water partition coefficient (Wildman–Crippen LogP) is 5.59. The maximum absolute atomic E-state index is 12.3. The van der Waals surface area contributed by atoms with Crippen LogP contribution in [0.5, 0.6) is 17.2 Å². The molecule has 0 bridgehead atoms. The Balaban J connectivity index is 1.43. The van der Waals surface area contributed by atoms with E-state index in [-0.39, 0.29) is 12.5 Å². The van der Waals surface area contributed by atoms with Gasteiger partial charge in [0.1, 0.15) is 30.5 Å². The first-order chi connectivity index (χ1) is 15.0. The molecular formula is C26H29NO4. The molecule has 31 heavy (non-hydrogen) atoms. The van der Waals surface area contributed by atoms with Crippen LogP contribution < -0.4 is 19.5 Å². The van der Waals surface area contributed by atoms with E-state index in [4.69, 9.17) is 14.2 Å². The van der Waals surface area contributed by atoms with E-state index < -0.39 is 0 Å². The number of rotatable bonds is 10. The number of aryl methyl sites for hydroxylation is 1. The Kier molecular flexibility index (Phi) is 7.93. The number of carbonyl (C=O) groups excluding carboxylic acids is 1. The van der Waals surface area contributed by atoms with Gasteiger partial charge in [-0.1, -0.05) is 44.2 Å². The molecule has 0 aromatic heterocycles. The van der Waals surface area contributed by atoms with Crippen molar-refractivity contribution in [3.05, 3.63) is 83.9 Å². The molecule has 0 radical (unpaired) electrons. The van der Waals surface area contributed by atoms with Gasteiger partial charge < -0.3 is 19.5 Å². The smallest absolute Gasteiger partial charge is 0.262 e. The number of amides is 1. The summed E-state index contributed by atoms with van der Waals surface area (Å²) in [4.78, 5) is 12.3. The first kappa shape index (κ1) is 22.2. The zero-order valence-corrected chi connectivity index (χ0v) is 18.3. The summed E-state index contributed by atoms with van der Waals surface area (Å²) >= 11 is 0. The van der Waals surface area contributed by atoms with Crippen LogP contribution in [0.3, 0.4) is 0 Å². The lowest BCUT2D eigenvalue weighted by Gasteiger charge is -2.15. The van der Waals surface area contributed by atoms with Crippen LogP contribution >= 0.6 is 0 Å². The monoisotopic (exact) mass is 419 g/mol. The maximum Gasteiger partial charge on any atom is 0.262 e. The standard InChI is InChI=1S/C26H29NO4/c1-19(2)24-14-9-20(3)17-25(24)31-18-26(28)27-21-10-12-23(13-11-21)30-16-15-29-22-7-5-4-6-8-22/h4-14,17,19H,15-16,18H2,1-3H3,(H,27,28). The van der Waals surface area contributed by atoms with Crippen LogP contribution in [-0.4, -0.2) is 25.7 Å². The molecule has 0 fully saturated rings. The molecule has 0 heterocycles. The topological polar surface area (TPSA) is 56.8 Å². The highest BCUT2D eigenvalue weighted by Crippen LogP contribution is 2.27. The molecule has 3 aromatic carbocycles. The van der Waals surface area contributed by atoms with Crippen molar-refractivity contribution in [1.82, 2.24) is 0 Å². The van der Waals surface area contributed by atoms with Gasteiger partial charge in [0.25, 0.3) is 5.91 Å². The number of hydrogen-bond acceptors (Lipinski definition) is 4. The van der Waals surface area contributed by atoms with E-state index in [0.29, 0.717) is 30.6 Å². The maximum atomic E-state index is 12.3. The number of anilines is 1. The van der Waals surface area contributed by atoms with Crippen LogP contribution in [0.1, 0.15) is 30.9 Å². The third kappa shape index (κ3) is 7.07. The first-order valence-corrected chi connectivity index (χ1v) is 10.4. The Morgan fingerprint density at radius 3 is 2.13 bits per heavy atom. The van der Waals surface area contributed by atoms with Gasteiger partial charge in [-0.25, -0.2) is 0 Å². The van der Waals surface area contributed by atoms with Crippen molar-refractivity contribution >= 4 is 11.6 Å². The quantitative estimate of drug-likeness (QED) is 0.435. The summed E-state index contributed by atoms with van der Waals surface area (Å²) in [7, 11) is 0. The van der Waals surface area contributed by atoms with Crippen LogP contribution in [0.15, 0.2) is 72.8 Å². The second-order valence-electron chi connectivity index (χ2n) is 7.57. The van der Waals surface area contributed by atoms with E-state index in [2.05, 4.69) is 31.3 Å². The zero-order valence-electron chi connectivity index (χ0n) is 18.3. The van der Waals surface area contributed by atoms with Crippen molar-refractivity contribution < 1.29 is 19.0 Å². The molecule has 162 valence electrons. The van der Waals surface area contributed by atoms with E-state index in [9.17, 15) is 4.79 Å². The molecule has 1 N–H and O–H groups in total. The Bertz CT molecular complexity index is 968. The van der Waals surface area contributed by atoms with Crippen molar-refractivity contribution in [3.63, 3.8) is 0 Å². The van der Waals surface area contributed by atoms with Gasteiger partial charge in [0.05, 0.1) is 0 Å². The molecule has 1 amide bonds. The third-order valence-electron chi connectivity index (χ3n) is 4.65. The lowest BCUT2D eigenvalue weighted by Crippen LogP contribution is -2.20. The van der Waals surface area contributed by atoms with Crippen LogP contribution in [-0.2, 0) is 4.79 Å². The van der Waals surface area contributed by atoms with E-state index >= 15 is 0 Å². The van der Waals surface area contributed by atoms with Crippen LogP contribution in [0, 0.1) is 6.92 Å². The second-order valence-corrected chi connectivity index (χ2v) is 7.57. The van der Waals surface area contributed by atoms with Crippen molar-refractivity contribution in [2.75, 3.05) is 25.1 Å². The molecule has 5 heteroatoms. The van der Waals surface area contributed by atoms with Gasteiger partial charge >= 0.3 is 0 Å². The summed E-state index contributed by atoms with van der Waals surface area (Å²) in [5, 5.41) is 2.85. The van der Waals surface area contributed by atoms with Gasteiger partial charge in [0, 0.05) is 5.69 Å². The minimum Gasteiger partial charge on any atom is -0.490 e. The molecule has 0 saturated carbocycles. The van der Waals surface area contributed by atoms with E-state index in [1.807, 2.05) is 55.5 Å². The summed E-state index contributed by atoms with van der Waals surface area (Å²) in [6.45, 7) is 7.07. The van der Waals surface area contributed by atoms with Crippen molar-refractivity contribution in [2.45, 2.75) is 26.7 Å². The summed E-state index contributed by atoms with van der Waals surface area (Å²) in [6, 6.07) is 22.9. The predicted molar refractivity (Wildman–Crippen MR) is 123 cm³/mol. The van der Waals surface area contributed by atoms with Gasteiger partial charge in [0.15, 0.2) is 6.61 Å². The van der Waals surface area contributed by atoms with Gasteiger partial charge in [-0.3, -0.25) is 4.79 Å². The van der Waals surface area contributed by atoms with Crippen LogP contribution in [0.2, 0.25) is 0 Å². The minimum absolute atomic E-state index is 0.0434. The molecular weight excluding hydrogens is 390 g/mol. The highest BCUT2D eigenvalue weighted by Gasteiger charge is 2.10. The molecule has 0 aliphatic carbocycles. The second kappa shape index (κ2) is 11.1. The highest BCUT2D eigenvalue weighted by atomic mass is 16.5. The number of para-hydroxylation sites is 1. The average molecular weight is 420 g/mol. The van der Waals surface area contributed by atoms with Crippen molar-refractivity contribution in [1.29, 1.82) is 0 Å². The summed E-state index contributed by atoms with van der Waals surface area (Å²) in [5.74, 6) is 2.40. The summed E-state index contributed by atoms with van der Waals surface area (Å²) in [6.07, 6.45) is 0. The van der Waals surface area contributed by atoms with Gasteiger partial charge in [0.2, 0.25) is 0 Å². The lowest BCUT2D eigenvalue weighted by molar-refractivity contribution is -0.118. The van der Waals surface area contributed by atoms with Gasteiger partial charge in [-0.05, 0) is 66.4 Å². The molecule has 0 aliphatic rings. The molecule has 0 atom stereocenters. The highest BCUT2D eigenvalue weighted by molar-refractivity contribution is 5.91. The fourth-order valence-corrected chi connectivity index (χ4v) is 3.05. The summed E-state index contributed by atoms with van der Waals surface area (Å²) in [5.41, 5.74) is 2.88. The van der Waals surface area contributed by atoms with Crippen molar-refractivity contribution in [3.8, 4) is 17.2 Å². The molecule has 0 saturated heterocycles. The average Bonchev–Trinajstić information content (AvgIpc) is 2.77. The summed E-state index contributed by atoms with van der Waals surface area (Å²) < 4.78 is 17.1. The number of nitrogens with one attached hydrogen (secondary N) is 1. The molecule has 3 rings (SSSR count). The zero-order chi connectivity index (χ0) is 22.1. The molecule has 0 spiro atoms. The number of carbonyl (C=O) groups is 1. The fraction of sp³-hybridized carbons (Fsp3) is 0.269. The molecule has 0 unspecified atom stereocenters. The normalized spacial score (nSPS) is 10.6. The number of ether oxygens (including phenoxy) is 3. The van der Waals surface area contributed by atoms with E-state index in [1.165, 1.54) is 0 Å². The SMILES string of the molecule is Cc1ccc(C(C)C)c(OCC(=O)Nc2ccc(OCCOc3ccccc3)cc2)c1. The largest absolute Gasteiger partial charge is 0.490 e. The Morgan fingerprint density at radius 2 is 1.48 bits per heavy atom. The van der Waals surface area contributed by atoms with Crippen molar-refractivity contribution in [2.24, 2.45) is 0 Å². The lowest BCUT2D eigenvalue weighted by atomic mass is 10.0. The third-order valence-corrected chi connectivity index (χ3v) is 4.65. The van der Waals surface area contributed by atoms with Crippen LogP contribution in [0.4, 0.5) is 5.69 Å². The number of benzene rings is 3. The van der Waals surface area contributed by atoms with Gasteiger partial charge in [-0.15, -0.1) is 0 Å². The van der Waals surface area contributed by atoms with E-state index in [0.717, 1.165) is 22.6 Å². The fourth-order valence-electron chi connectivity index (χ4n) is 3.05. The molecule has 3 aromatic rings. The molecule has 5 nitrogen and oxygen atoms in total. The van der Waals surface area contributed by atoms with Crippen LogP contribution in [0.25, 0.3) is 0 Å². The Hall–Kier alpha value is -3.47. The molecule has 0 aliphatic heterocycles. The Labute approximate surface area is 184 Å².